The number of unbranched alkanes of at least 4 members (excludes halogenated alkanes) is 7. The van der Waals surface area contributed by atoms with Crippen LogP contribution < -0.4 is 5.73 Å². The van der Waals surface area contributed by atoms with Crippen molar-refractivity contribution in [2.24, 2.45) is 5.73 Å². The van der Waals surface area contributed by atoms with Gasteiger partial charge in [-0.2, -0.15) is 0 Å². The lowest BCUT2D eigenvalue weighted by Crippen LogP contribution is -2.29. The lowest BCUT2D eigenvalue weighted by molar-refractivity contribution is -0.161. The van der Waals surface area contributed by atoms with E-state index >= 15 is 0 Å². The Kier molecular flexibility index (Phi) is 69.4. The van der Waals surface area contributed by atoms with Crippen LogP contribution in [0.2, 0.25) is 0 Å². The minimum Gasteiger partial charge on any atom is -0.462 e. The van der Waals surface area contributed by atoms with Gasteiger partial charge in [0.05, 0.1) is 13.2 Å². The van der Waals surface area contributed by atoms with Crippen LogP contribution in [0.25, 0.3) is 0 Å². The Balaban J connectivity index is 4.14. The first-order chi connectivity index (χ1) is 45.8. The average molecular weight is 1290 g/mol. The molecule has 0 amide bonds. The molecule has 9 nitrogen and oxygen atoms in total. The van der Waals surface area contributed by atoms with E-state index in [4.69, 9.17) is 24.3 Å². The van der Waals surface area contributed by atoms with Crippen molar-refractivity contribution in [3.8, 4) is 0 Å². The first kappa shape index (κ1) is 86.5. The van der Waals surface area contributed by atoms with E-state index in [1.165, 1.54) is 0 Å². The van der Waals surface area contributed by atoms with E-state index in [1.807, 2.05) is 0 Å². The second kappa shape index (κ2) is 74.6. The molecule has 10 heteroatoms. The molecule has 0 aromatic rings. The number of nitrogens with two attached hydrogens (primary N) is 1. The summed E-state index contributed by atoms with van der Waals surface area (Å²) in [5.41, 5.74) is 5.39. The fourth-order valence-corrected chi connectivity index (χ4v) is 9.08. The average Bonchev–Trinajstić information content (AvgIpc) is 3.04. The lowest BCUT2D eigenvalue weighted by Gasteiger charge is -2.19. The van der Waals surface area contributed by atoms with Crippen molar-refractivity contribution in [2.45, 2.75) is 225 Å². The first-order valence-corrected chi connectivity index (χ1v) is 36.7. The van der Waals surface area contributed by atoms with Crippen LogP contribution >= 0.6 is 7.82 Å². The van der Waals surface area contributed by atoms with Crippen LogP contribution in [0, 0.1) is 0 Å². The number of carbonyl (C=O) groups is 2. The number of phosphoric ester groups is 1. The van der Waals surface area contributed by atoms with Crippen molar-refractivity contribution < 1.29 is 37.6 Å². The summed E-state index contributed by atoms with van der Waals surface area (Å²) in [6.45, 7) is 3.40. The number of carbonyl (C=O) groups excluding carboxylic acids is 2. The maximum Gasteiger partial charge on any atom is 0.472 e. The van der Waals surface area contributed by atoms with Crippen LogP contribution in [0.1, 0.15) is 219 Å². The Morgan fingerprint density at radius 2 is 0.559 bits per heavy atom. The third-order valence-electron chi connectivity index (χ3n) is 13.4. The molecular formula is C83H124NO8P. The highest BCUT2D eigenvalue weighted by molar-refractivity contribution is 7.47. The highest BCUT2D eigenvalue weighted by Gasteiger charge is 2.26. The Hall–Kier alpha value is -6.45. The van der Waals surface area contributed by atoms with Gasteiger partial charge >= 0.3 is 19.8 Å². The predicted molar refractivity (Wildman–Crippen MR) is 403 cm³/mol. The Bertz CT molecular complexity index is 2480. The molecule has 0 spiro atoms. The zero-order valence-electron chi connectivity index (χ0n) is 57.6. The molecule has 0 radical (unpaired) electrons. The van der Waals surface area contributed by atoms with Gasteiger partial charge in [-0.1, -0.05) is 288 Å². The summed E-state index contributed by atoms with van der Waals surface area (Å²) in [6.07, 6.45) is 121. The number of allylic oxidation sites excluding steroid dienone is 42. The molecule has 0 aliphatic carbocycles. The number of hydrogen-bond acceptors (Lipinski definition) is 8. The number of phosphoric acid groups is 1. The summed E-state index contributed by atoms with van der Waals surface area (Å²) in [6, 6.07) is 0. The van der Waals surface area contributed by atoms with E-state index in [2.05, 4.69) is 269 Å². The second-order valence-corrected chi connectivity index (χ2v) is 23.4. The van der Waals surface area contributed by atoms with E-state index in [0.717, 1.165) is 180 Å². The summed E-state index contributed by atoms with van der Waals surface area (Å²) < 4.78 is 33.1. The lowest BCUT2D eigenvalue weighted by atomic mass is 10.1. The van der Waals surface area contributed by atoms with Gasteiger partial charge < -0.3 is 20.1 Å². The number of rotatable bonds is 62. The van der Waals surface area contributed by atoms with Crippen molar-refractivity contribution in [3.63, 3.8) is 0 Å². The summed E-state index contributed by atoms with van der Waals surface area (Å²) in [7, 11) is -4.43. The monoisotopic (exact) mass is 1290 g/mol. The Morgan fingerprint density at radius 3 is 0.828 bits per heavy atom. The fourth-order valence-electron chi connectivity index (χ4n) is 8.31. The normalized spacial score (nSPS) is 14.5. The largest absolute Gasteiger partial charge is 0.472 e. The molecule has 2 atom stereocenters. The molecular weight excluding hydrogens is 1170 g/mol. The van der Waals surface area contributed by atoms with Crippen molar-refractivity contribution in [1.82, 2.24) is 0 Å². The van der Waals surface area contributed by atoms with Gasteiger partial charge in [0.25, 0.3) is 0 Å². The maximum absolute atomic E-state index is 12.8. The van der Waals surface area contributed by atoms with Gasteiger partial charge in [-0.15, -0.1) is 0 Å². The molecule has 2 unspecified atom stereocenters. The Morgan fingerprint density at radius 1 is 0.323 bits per heavy atom. The molecule has 514 valence electrons. The molecule has 0 aromatic heterocycles. The van der Waals surface area contributed by atoms with Crippen LogP contribution in [-0.2, 0) is 32.7 Å². The molecule has 0 saturated carbocycles. The smallest absolute Gasteiger partial charge is 0.462 e. The quantitative estimate of drug-likeness (QED) is 0.0264. The molecule has 0 saturated heterocycles. The molecule has 93 heavy (non-hydrogen) atoms. The molecule has 0 rings (SSSR count). The third-order valence-corrected chi connectivity index (χ3v) is 14.4. The molecule has 0 aromatic carbocycles. The minimum atomic E-state index is -4.43. The van der Waals surface area contributed by atoms with Crippen LogP contribution in [0.3, 0.4) is 0 Å². The summed E-state index contributed by atoms with van der Waals surface area (Å²) >= 11 is 0. The molecule has 3 N–H and O–H groups in total. The SMILES string of the molecule is CC/C=C\C/C=C\C/C=C\C/C=C\C/C=C\C/C=C\C/C=C\C/C=C\C/C=C\C/C=C\C/C=C\CCCCCC(=O)OC(COC(=O)CCCCCC/C=C\C/C=C\C/C=C\C/C=C\C/C=C\C/C=C\C/C=C\C/C=C\C/C=C\C/C=C\CC)COP(=O)(O)OCCN. The van der Waals surface area contributed by atoms with E-state index in [0.29, 0.717) is 12.8 Å². The first-order valence-electron chi connectivity index (χ1n) is 35.2. The second-order valence-electron chi connectivity index (χ2n) is 21.9. The standard InChI is InChI=1S/C83H124NO8P/c1-3-5-7-9-11-13-15-17-19-21-23-25-27-29-31-33-35-37-39-40-42-44-46-48-50-52-54-56-58-60-62-64-66-68-70-72-74-76-83(86)92-81(80-91-93(87,88)90-78-77-84)79-89-82(85)75-73-71-69-67-65-63-61-59-57-55-53-51-49-47-45-43-41-38-36-34-32-30-28-26-24-22-20-18-16-14-12-10-8-6-4-2/h5-8,11-14,17-20,23-26,29-32,35-38,40,42-43,45-46,48-49,51-52,54-55,57-58,60-61,63-64,66,81H,3-4,9-10,15-16,21-22,27-28,33-34,39,41,44,47,50,53,56,59,62,65,67-80,84H2,1-2H3,(H,87,88)/b7-5-,8-6-,13-11-,14-12-,19-17-,20-18-,25-23-,26-24-,31-29-,32-30-,37-35-,38-36-,42-40-,45-43-,48-46-,51-49-,54-52-,57-55-,60-58-,63-61-,66-64-. The number of ether oxygens (including phenoxy) is 2. The van der Waals surface area contributed by atoms with E-state index in [-0.39, 0.29) is 32.6 Å². The zero-order chi connectivity index (χ0) is 67.2. The minimum absolute atomic E-state index is 0.0288. The molecule has 0 aliphatic heterocycles. The van der Waals surface area contributed by atoms with Gasteiger partial charge in [-0.05, 0) is 173 Å². The van der Waals surface area contributed by atoms with Crippen LogP contribution in [-0.4, -0.2) is 49.3 Å². The number of esters is 2. The maximum atomic E-state index is 12.8. The van der Waals surface area contributed by atoms with E-state index in [1.54, 1.807) is 0 Å². The van der Waals surface area contributed by atoms with Gasteiger partial charge in [0.2, 0.25) is 0 Å². The predicted octanol–water partition coefficient (Wildman–Crippen LogP) is 23.7. The van der Waals surface area contributed by atoms with Crippen LogP contribution in [0.5, 0.6) is 0 Å². The van der Waals surface area contributed by atoms with Gasteiger partial charge in [-0.3, -0.25) is 18.6 Å². The molecule has 0 bridgehead atoms. The van der Waals surface area contributed by atoms with E-state index in [9.17, 15) is 19.0 Å². The fraction of sp³-hybridized carbons (Fsp3) is 0.470. The third kappa shape index (κ3) is 74.5. The van der Waals surface area contributed by atoms with Crippen molar-refractivity contribution in [2.75, 3.05) is 26.4 Å². The number of hydrogen-bond donors (Lipinski definition) is 2. The highest BCUT2D eigenvalue weighted by atomic mass is 31.2. The highest BCUT2D eigenvalue weighted by Crippen LogP contribution is 2.43. The summed E-state index contributed by atoms with van der Waals surface area (Å²) in [4.78, 5) is 35.3. The van der Waals surface area contributed by atoms with Crippen molar-refractivity contribution in [3.05, 3.63) is 255 Å². The van der Waals surface area contributed by atoms with Crippen LogP contribution in [0.4, 0.5) is 0 Å². The molecule has 0 aliphatic rings. The van der Waals surface area contributed by atoms with Gasteiger partial charge in [0, 0.05) is 19.4 Å². The van der Waals surface area contributed by atoms with Gasteiger partial charge in [0.15, 0.2) is 6.10 Å². The summed E-state index contributed by atoms with van der Waals surface area (Å²) in [5.74, 6) is -0.920. The summed E-state index contributed by atoms with van der Waals surface area (Å²) in [5, 5.41) is 0. The van der Waals surface area contributed by atoms with Crippen molar-refractivity contribution >= 4 is 19.8 Å². The van der Waals surface area contributed by atoms with Crippen LogP contribution in [0.15, 0.2) is 255 Å². The molecule has 0 fully saturated rings. The van der Waals surface area contributed by atoms with E-state index < -0.39 is 32.5 Å². The zero-order valence-corrected chi connectivity index (χ0v) is 58.5. The Labute approximate surface area is 567 Å². The topological polar surface area (TPSA) is 134 Å². The van der Waals surface area contributed by atoms with Gasteiger partial charge in [0.1, 0.15) is 6.61 Å². The molecule has 0 heterocycles. The van der Waals surface area contributed by atoms with Gasteiger partial charge in [-0.25, -0.2) is 4.57 Å². The van der Waals surface area contributed by atoms with Crippen molar-refractivity contribution in [1.29, 1.82) is 0 Å².